The molecule has 2 heterocycles. The van der Waals surface area contributed by atoms with Gasteiger partial charge in [-0.15, -0.1) is 0 Å². The molecule has 0 fully saturated rings. The fourth-order valence-electron chi connectivity index (χ4n) is 0.625. The maximum atomic E-state index is 3.78. The number of rotatable bonds is 0. The molecule has 0 amide bonds. The van der Waals surface area contributed by atoms with E-state index in [4.69, 9.17) is 0 Å². The van der Waals surface area contributed by atoms with Crippen LogP contribution in [0.2, 0.25) is 0 Å². The Labute approximate surface area is 137 Å². The second-order valence-electron chi connectivity index (χ2n) is 2.05. The summed E-state index contributed by atoms with van der Waals surface area (Å²) in [7, 11) is 0. The van der Waals surface area contributed by atoms with E-state index in [-0.39, 0.29) is 67.4 Å². The fraction of sp³-hybridized carbons (Fsp3) is 0. The predicted octanol–water partition coefficient (Wildman–Crippen LogP) is -3.83. The molecule has 0 aliphatic heterocycles. The van der Waals surface area contributed by atoms with Crippen molar-refractivity contribution in [1.82, 2.24) is 9.97 Å². The topological polar surface area (TPSA) is 25.8 Å². The van der Waals surface area contributed by atoms with E-state index in [1.807, 2.05) is 36.4 Å². The Morgan fingerprint density at radius 2 is 0.733 bits per heavy atom. The summed E-state index contributed by atoms with van der Waals surface area (Å²) in [5, 5.41) is 0. The summed E-state index contributed by atoms with van der Waals surface area (Å²) >= 11 is 0. The van der Waals surface area contributed by atoms with Crippen molar-refractivity contribution in [2.24, 2.45) is 0 Å². The van der Waals surface area contributed by atoms with Crippen LogP contribution in [-0.4, -0.2) is 9.97 Å². The Balaban J connectivity index is -0.000000160. The van der Waals surface area contributed by atoms with Gasteiger partial charge in [-0.3, -0.25) is 9.97 Å². The molecule has 2 aromatic heterocycles. The Morgan fingerprint density at radius 1 is 0.467 bits per heavy atom. The van der Waals surface area contributed by atoms with E-state index < -0.39 is 0 Å². The first kappa shape index (κ1) is 20.8. The van der Waals surface area contributed by atoms with Gasteiger partial charge in [-0.1, -0.05) is 12.1 Å². The molecule has 0 saturated heterocycles. The molecule has 2 aromatic rings. The fourth-order valence-corrected chi connectivity index (χ4v) is 0.625. The molecule has 76 valence electrons. The number of pyridine rings is 2. The quantitative estimate of drug-likeness (QED) is 0.287. The summed E-state index contributed by atoms with van der Waals surface area (Å²) in [4.78, 5) is 7.57. The summed E-state index contributed by atoms with van der Waals surface area (Å²) in [5.74, 6) is 0. The van der Waals surface area contributed by atoms with Crippen LogP contribution in [-0.2, 0) is 19.5 Å². The zero-order valence-electron chi connectivity index (χ0n) is 8.13. The van der Waals surface area contributed by atoms with E-state index in [9.17, 15) is 0 Å². The van der Waals surface area contributed by atoms with Crippen LogP contribution in [0.15, 0.2) is 61.2 Å². The molecule has 0 N–H and O–H groups in total. The number of hydrogen-bond donors (Lipinski definition) is 0. The average Bonchev–Trinajstić information content (AvgIpc) is 2.24. The monoisotopic (exact) mass is 476 g/mol. The molecule has 15 heavy (non-hydrogen) atoms. The van der Waals surface area contributed by atoms with Gasteiger partial charge in [0.25, 0.3) is 0 Å². The minimum atomic E-state index is 0. The zero-order valence-corrected chi connectivity index (χ0v) is 15.4. The van der Waals surface area contributed by atoms with Gasteiger partial charge in [0.05, 0.1) is 0 Å². The molecule has 0 aliphatic carbocycles. The van der Waals surface area contributed by atoms with Crippen LogP contribution in [0, 0.1) is 0 Å². The second-order valence-corrected chi connectivity index (χ2v) is 2.05. The van der Waals surface area contributed by atoms with Gasteiger partial charge in [-0.05, 0) is 24.3 Å². The normalized spacial score (nSPS) is 6.40. The van der Waals surface area contributed by atoms with Crippen LogP contribution in [0.4, 0.5) is 0 Å². The molecular weight excluding hydrogens is 467 g/mol. The van der Waals surface area contributed by atoms with E-state index in [1.165, 1.54) is 0 Å². The smallest absolute Gasteiger partial charge is 1.00 e. The van der Waals surface area contributed by atoms with Gasteiger partial charge in [0.1, 0.15) is 0 Å². The molecule has 0 spiro atoms. The van der Waals surface area contributed by atoms with E-state index in [0.717, 1.165) is 0 Å². The van der Waals surface area contributed by atoms with Gasteiger partial charge in [0, 0.05) is 24.8 Å². The Bertz CT molecular complexity index is 197. The van der Waals surface area contributed by atoms with E-state index >= 15 is 0 Å². The standard InChI is InChI=1S/2C5H5N.2HI.Zn/c2*1-2-4-6-5-3-1;;;/h2*1-5H;2*1H;/q;;;;+2/p-2. The SMILES string of the molecule is [I-].[I-].[Zn+2].c1ccncc1.c1ccncc1. The molecule has 0 aliphatic rings. The molecule has 5 heteroatoms. The third-order valence-electron chi connectivity index (χ3n) is 1.13. The van der Waals surface area contributed by atoms with Gasteiger partial charge in [-0.25, -0.2) is 0 Å². The van der Waals surface area contributed by atoms with E-state index in [2.05, 4.69) is 9.97 Å². The van der Waals surface area contributed by atoms with Gasteiger partial charge < -0.3 is 48.0 Å². The summed E-state index contributed by atoms with van der Waals surface area (Å²) in [6, 6.07) is 11.4. The minimum Gasteiger partial charge on any atom is -1.00 e. The molecule has 0 unspecified atom stereocenters. The Kier molecular flexibility index (Phi) is 23.2. The van der Waals surface area contributed by atoms with Gasteiger partial charge in [0.2, 0.25) is 0 Å². The third-order valence-corrected chi connectivity index (χ3v) is 1.13. The molecule has 0 aromatic carbocycles. The van der Waals surface area contributed by atoms with Crippen molar-refractivity contribution >= 4 is 0 Å². The van der Waals surface area contributed by atoms with Crippen molar-refractivity contribution in [3.8, 4) is 0 Å². The molecule has 0 bridgehead atoms. The van der Waals surface area contributed by atoms with Crippen molar-refractivity contribution in [2.75, 3.05) is 0 Å². The molecule has 2 rings (SSSR count). The molecule has 0 saturated carbocycles. The van der Waals surface area contributed by atoms with Crippen LogP contribution in [0.3, 0.4) is 0 Å². The summed E-state index contributed by atoms with van der Waals surface area (Å²) in [6.07, 6.45) is 7.00. The number of halogens is 2. The first-order chi connectivity index (χ1) is 6.00. The second kappa shape index (κ2) is 16.8. The number of nitrogens with zero attached hydrogens (tertiary/aromatic N) is 2. The van der Waals surface area contributed by atoms with Crippen LogP contribution in [0.25, 0.3) is 0 Å². The first-order valence-corrected chi connectivity index (χ1v) is 3.70. The average molecular weight is 477 g/mol. The molecular formula is C10H10I2N2Zn. The van der Waals surface area contributed by atoms with Crippen LogP contribution < -0.4 is 48.0 Å². The van der Waals surface area contributed by atoms with E-state index in [1.54, 1.807) is 24.8 Å². The Morgan fingerprint density at radius 3 is 0.800 bits per heavy atom. The number of aromatic nitrogens is 2. The minimum absolute atomic E-state index is 0. The zero-order chi connectivity index (χ0) is 8.49. The van der Waals surface area contributed by atoms with Crippen LogP contribution in [0.1, 0.15) is 0 Å². The molecule has 0 radical (unpaired) electrons. The maximum Gasteiger partial charge on any atom is 2.00 e. The number of hydrogen-bond acceptors (Lipinski definition) is 2. The van der Waals surface area contributed by atoms with Crippen molar-refractivity contribution in [1.29, 1.82) is 0 Å². The third kappa shape index (κ3) is 14.4. The van der Waals surface area contributed by atoms with Crippen molar-refractivity contribution in [3.63, 3.8) is 0 Å². The van der Waals surface area contributed by atoms with Crippen LogP contribution >= 0.6 is 0 Å². The van der Waals surface area contributed by atoms with Crippen molar-refractivity contribution in [2.45, 2.75) is 0 Å². The summed E-state index contributed by atoms with van der Waals surface area (Å²) in [5.41, 5.74) is 0. The summed E-state index contributed by atoms with van der Waals surface area (Å²) in [6.45, 7) is 0. The summed E-state index contributed by atoms with van der Waals surface area (Å²) < 4.78 is 0. The van der Waals surface area contributed by atoms with Gasteiger partial charge >= 0.3 is 19.5 Å². The first-order valence-electron chi connectivity index (χ1n) is 3.70. The largest absolute Gasteiger partial charge is 2.00 e. The van der Waals surface area contributed by atoms with Gasteiger partial charge in [-0.2, -0.15) is 0 Å². The van der Waals surface area contributed by atoms with Crippen molar-refractivity contribution in [3.05, 3.63) is 61.2 Å². The predicted molar refractivity (Wildman–Crippen MR) is 48.5 cm³/mol. The molecule has 0 atom stereocenters. The van der Waals surface area contributed by atoms with Crippen LogP contribution in [0.5, 0.6) is 0 Å². The maximum absolute atomic E-state index is 3.78. The van der Waals surface area contributed by atoms with Crippen molar-refractivity contribution < 1.29 is 67.4 Å². The van der Waals surface area contributed by atoms with Gasteiger partial charge in [0.15, 0.2) is 0 Å². The molecule has 2 nitrogen and oxygen atoms in total. The van der Waals surface area contributed by atoms with E-state index in [0.29, 0.717) is 0 Å². The Hall–Kier alpha value is 0.383.